The van der Waals surface area contributed by atoms with E-state index in [0.717, 1.165) is 26.2 Å². The molecule has 5 nitrogen and oxygen atoms in total. The number of ether oxygens (including phenoxy) is 2. The van der Waals surface area contributed by atoms with E-state index in [1.54, 1.807) is 19.2 Å². The maximum absolute atomic E-state index is 13.3. The zero-order valence-corrected chi connectivity index (χ0v) is 21.3. The molecule has 1 aliphatic rings. The van der Waals surface area contributed by atoms with Crippen LogP contribution in [0.3, 0.4) is 0 Å². The van der Waals surface area contributed by atoms with Crippen LogP contribution in [-0.4, -0.2) is 36.6 Å². The molecular weight excluding hydrogens is 524 g/mol. The standard InChI is InChI=1S/C25H22BrClN2O3S/c1-31-23-5-3-4-20(25(23)32-2)22-14-21(16-6-8-17(26)9-7-16)28-29(22)24(30)15-33-19-12-10-18(27)11-13-19/h3-13,22H,14-15H2,1-2H3. The number of carbonyl (C=O) groups excluding carboxylic acids is 1. The topological polar surface area (TPSA) is 51.1 Å². The van der Waals surface area contributed by atoms with E-state index in [0.29, 0.717) is 22.9 Å². The van der Waals surface area contributed by atoms with Gasteiger partial charge >= 0.3 is 0 Å². The molecule has 0 bridgehead atoms. The van der Waals surface area contributed by atoms with Crippen molar-refractivity contribution in [2.75, 3.05) is 20.0 Å². The second-order valence-electron chi connectivity index (χ2n) is 7.34. The van der Waals surface area contributed by atoms with Gasteiger partial charge in [0.05, 0.1) is 31.7 Å². The average molecular weight is 546 g/mol. The zero-order valence-electron chi connectivity index (χ0n) is 18.1. The van der Waals surface area contributed by atoms with Crippen molar-refractivity contribution >= 4 is 50.9 Å². The number of hydrogen-bond acceptors (Lipinski definition) is 5. The summed E-state index contributed by atoms with van der Waals surface area (Å²) in [4.78, 5) is 14.3. The molecule has 0 N–H and O–H groups in total. The number of rotatable bonds is 7. The first-order valence-electron chi connectivity index (χ1n) is 10.2. The van der Waals surface area contributed by atoms with Crippen molar-refractivity contribution in [3.8, 4) is 11.5 Å². The SMILES string of the molecule is COc1cccc(C2CC(c3ccc(Br)cc3)=NN2C(=O)CSc2ccc(Cl)cc2)c1OC. The van der Waals surface area contributed by atoms with E-state index in [4.69, 9.17) is 26.2 Å². The Morgan fingerprint density at radius 3 is 2.48 bits per heavy atom. The first-order valence-corrected chi connectivity index (χ1v) is 12.4. The summed E-state index contributed by atoms with van der Waals surface area (Å²) in [5, 5.41) is 7.00. The van der Waals surface area contributed by atoms with E-state index in [9.17, 15) is 4.79 Å². The fourth-order valence-corrected chi connectivity index (χ4v) is 4.86. The Hall–Kier alpha value is -2.48. The molecule has 3 aromatic rings. The minimum atomic E-state index is -0.299. The fourth-order valence-electron chi connectivity index (χ4n) is 3.72. The second-order valence-corrected chi connectivity index (χ2v) is 9.74. The molecule has 8 heteroatoms. The highest BCUT2D eigenvalue weighted by atomic mass is 79.9. The van der Waals surface area contributed by atoms with Gasteiger partial charge in [0.1, 0.15) is 0 Å². The number of methoxy groups -OCH3 is 2. The molecule has 0 fully saturated rings. The molecule has 0 saturated heterocycles. The summed E-state index contributed by atoms with van der Waals surface area (Å²) in [6, 6.07) is 20.8. The van der Waals surface area contributed by atoms with Gasteiger partial charge in [-0.05, 0) is 48.0 Å². The minimum absolute atomic E-state index is 0.0862. The van der Waals surface area contributed by atoms with Crippen molar-refractivity contribution in [3.05, 3.63) is 87.4 Å². The van der Waals surface area contributed by atoms with Crippen LogP contribution in [0.2, 0.25) is 5.02 Å². The van der Waals surface area contributed by atoms with E-state index in [1.165, 1.54) is 11.8 Å². The first kappa shape index (κ1) is 23.7. The van der Waals surface area contributed by atoms with Gasteiger partial charge in [-0.25, -0.2) is 5.01 Å². The Morgan fingerprint density at radius 2 is 1.82 bits per heavy atom. The Bertz CT molecular complexity index is 1170. The van der Waals surface area contributed by atoms with Crippen LogP contribution in [0.25, 0.3) is 0 Å². The Labute approximate surface area is 210 Å². The number of benzene rings is 3. The van der Waals surface area contributed by atoms with E-state index >= 15 is 0 Å². The van der Waals surface area contributed by atoms with Gasteiger partial charge in [-0.1, -0.05) is 51.8 Å². The van der Waals surface area contributed by atoms with Crippen molar-refractivity contribution in [3.63, 3.8) is 0 Å². The van der Waals surface area contributed by atoms with Crippen LogP contribution in [0, 0.1) is 0 Å². The number of halogens is 2. The second kappa shape index (κ2) is 10.6. The van der Waals surface area contributed by atoms with E-state index in [2.05, 4.69) is 15.9 Å². The predicted molar refractivity (Wildman–Crippen MR) is 137 cm³/mol. The summed E-state index contributed by atoms with van der Waals surface area (Å²) in [7, 11) is 3.21. The van der Waals surface area contributed by atoms with Crippen molar-refractivity contribution < 1.29 is 14.3 Å². The van der Waals surface area contributed by atoms with Gasteiger partial charge in [0.25, 0.3) is 5.91 Å². The Morgan fingerprint density at radius 1 is 1.09 bits per heavy atom. The molecule has 0 aromatic heterocycles. The van der Waals surface area contributed by atoms with Gasteiger partial charge in [-0.15, -0.1) is 11.8 Å². The van der Waals surface area contributed by atoms with Crippen LogP contribution in [-0.2, 0) is 4.79 Å². The van der Waals surface area contributed by atoms with Gasteiger partial charge in [0, 0.05) is 26.4 Å². The van der Waals surface area contributed by atoms with Crippen molar-refractivity contribution in [2.45, 2.75) is 17.4 Å². The average Bonchev–Trinajstić information content (AvgIpc) is 3.28. The quantitative estimate of drug-likeness (QED) is 0.314. The summed E-state index contributed by atoms with van der Waals surface area (Å²) in [5.74, 6) is 1.40. The number of para-hydroxylation sites is 1. The summed E-state index contributed by atoms with van der Waals surface area (Å²) < 4.78 is 12.1. The predicted octanol–water partition coefficient (Wildman–Crippen LogP) is 6.59. The summed E-state index contributed by atoms with van der Waals surface area (Å²) >= 11 is 10.9. The van der Waals surface area contributed by atoms with Crippen molar-refractivity contribution in [1.82, 2.24) is 5.01 Å². The molecule has 33 heavy (non-hydrogen) atoms. The normalized spacial score (nSPS) is 15.3. The van der Waals surface area contributed by atoms with Crippen LogP contribution in [0.15, 0.2) is 81.2 Å². The maximum Gasteiger partial charge on any atom is 0.253 e. The third-order valence-corrected chi connectivity index (χ3v) is 7.09. The van der Waals surface area contributed by atoms with Crippen LogP contribution >= 0.6 is 39.3 Å². The summed E-state index contributed by atoms with van der Waals surface area (Å²) in [6.45, 7) is 0. The van der Waals surface area contributed by atoms with E-state index in [1.807, 2.05) is 66.7 Å². The lowest BCUT2D eigenvalue weighted by Gasteiger charge is -2.24. The third-order valence-electron chi connectivity index (χ3n) is 5.31. The molecule has 1 heterocycles. The molecule has 1 amide bonds. The number of hydrazone groups is 1. The van der Waals surface area contributed by atoms with Gasteiger partial charge in [-0.3, -0.25) is 4.79 Å². The van der Waals surface area contributed by atoms with Crippen LogP contribution in [0.5, 0.6) is 11.5 Å². The number of carbonyl (C=O) groups is 1. The molecular formula is C25H22BrClN2O3S. The van der Waals surface area contributed by atoms with Crippen LogP contribution in [0.1, 0.15) is 23.6 Å². The number of nitrogens with zero attached hydrogens (tertiary/aromatic N) is 2. The molecule has 170 valence electrons. The molecule has 1 atom stereocenters. The number of hydrogen-bond donors (Lipinski definition) is 0. The molecule has 0 saturated carbocycles. The van der Waals surface area contributed by atoms with Crippen LogP contribution < -0.4 is 9.47 Å². The highest BCUT2D eigenvalue weighted by Gasteiger charge is 2.35. The minimum Gasteiger partial charge on any atom is -0.493 e. The molecule has 1 unspecified atom stereocenters. The van der Waals surface area contributed by atoms with E-state index < -0.39 is 0 Å². The molecule has 0 radical (unpaired) electrons. The lowest BCUT2D eigenvalue weighted by atomic mass is 9.97. The van der Waals surface area contributed by atoms with Gasteiger partial charge in [-0.2, -0.15) is 5.10 Å². The first-order chi connectivity index (χ1) is 16.0. The zero-order chi connectivity index (χ0) is 23.4. The number of amides is 1. The lowest BCUT2D eigenvalue weighted by molar-refractivity contribution is -0.130. The molecule has 0 aliphatic carbocycles. The monoisotopic (exact) mass is 544 g/mol. The Kier molecular flexibility index (Phi) is 7.63. The fraction of sp³-hybridized carbons (Fsp3) is 0.200. The third kappa shape index (κ3) is 5.37. The van der Waals surface area contributed by atoms with Gasteiger partial charge in [0.2, 0.25) is 0 Å². The van der Waals surface area contributed by atoms with Gasteiger partial charge < -0.3 is 9.47 Å². The summed E-state index contributed by atoms with van der Waals surface area (Å²) in [5.41, 5.74) is 2.69. The number of thioether (sulfide) groups is 1. The molecule has 1 aliphatic heterocycles. The highest BCUT2D eigenvalue weighted by molar-refractivity contribution is 9.10. The van der Waals surface area contributed by atoms with E-state index in [-0.39, 0.29) is 17.7 Å². The molecule has 4 rings (SSSR count). The van der Waals surface area contributed by atoms with Crippen LogP contribution in [0.4, 0.5) is 0 Å². The van der Waals surface area contributed by atoms with Crippen molar-refractivity contribution in [1.29, 1.82) is 0 Å². The largest absolute Gasteiger partial charge is 0.493 e. The highest BCUT2D eigenvalue weighted by Crippen LogP contribution is 2.42. The molecule has 3 aromatic carbocycles. The molecule has 0 spiro atoms. The maximum atomic E-state index is 13.3. The smallest absolute Gasteiger partial charge is 0.253 e. The summed E-state index contributed by atoms with van der Waals surface area (Å²) in [6.07, 6.45) is 0.572. The lowest BCUT2D eigenvalue weighted by Crippen LogP contribution is -2.28. The Balaban J connectivity index is 1.65. The van der Waals surface area contributed by atoms with Crippen molar-refractivity contribution in [2.24, 2.45) is 5.10 Å². The van der Waals surface area contributed by atoms with Gasteiger partial charge in [0.15, 0.2) is 11.5 Å².